The van der Waals surface area contributed by atoms with E-state index in [0.29, 0.717) is 12.8 Å². The highest BCUT2D eigenvalue weighted by Crippen LogP contribution is 2.19. The van der Waals surface area contributed by atoms with Gasteiger partial charge >= 0.3 is 23.9 Å². The first-order chi connectivity index (χ1) is 22.8. The van der Waals surface area contributed by atoms with Crippen molar-refractivity contribution in [1.82, 2.24) is 0 Å². The van der Waals surface area contributed by atoms with Crippen LogP contribution >= 0.6 is 0 Å². The van der Waals surface area contributed by atoms with E-state index in [2.05, 4.69) is 13.8 Å². The lowest BCUT2D eigenvalue weighted by Crippen LogP contribution is -2.29. The summed E-state index contributed by atoms with van der Waals surface area (Å²) in [6.45, 7) is 6.75. The number of carbonyl (C=O) groups is 4. The van der Waals surface area contributed by atoms with E-state index < -0.39 is 18.0 Å². The minimum absolute atomic E-state index is 0.00323. The van der Waals surface area contributed by atoms with E-state index >= 15 is 0 Å². The van der Waals surface area contributed by atoms with Crippen molar-refractivity contribution in [3.05, 3.63) is 0 Å². The first kappa shape index (κ1) is 44.9. The molecular formula is C39H72O8. The smallest absolute Gasteiger partial charge is 0.306 e. The third kappa shape index (κ3) is 33.6. The molecule has 8 heteroatoms. The van der Waals surface area contributed by atoms with Crippen molar-refractivity contribution in [2.24, 2.45) is 0 Å². The molecule has 0 aromatic carbocycles. The molecule has 0 aliphatic carbocycles. The second-order valence-electron chi connectivity index (χ2n) is 13.3. The summed E-state index contributed by atoms with van der Waals surface area (Å²) < 4.78 is 21.1. The monoisotopic (exact) mass is 669 g/mol. The molecule has 0 saturated heterocycles. The molecule has 0 spiro atoms. The summed E-state index contributed by atoms with van der Waals surface area (Å²) in [5, 5.41) is 0. The van der Waals surface area contributed by atoms with E-state index in [9.17, 15) is 19.2 Å². The summed E-state index contributed by atoms with van der Waals surface area (Å²) in [6.07, 6.45) is 29.6. The fourth-order valence-corrected chi connectivity index (χ4v) is 5.76. The Morgan fingerprint density at radius 3 is 1.23 bits per heavy atom. The molecule has 0 saturated carbocycles. The molecule has 0 amide bonds. The minimum Gasteiger partial charge on any atom is -0.462 e. The summed E-state index contributed by atoms with van der Waals surface area (Å²) in [6, 6.07) is 0. The first-order valence-corrected chi connectivity index (χ1v) is 19.4. The Kier molecular flexibility index (Phi) is 32.2. The molecule has 276 valence electrons. The van der Waals surface area contributed by atoms with Crippen LogP contribution < -0.4 is 0 Å². The topological polar surface area (TPSA) is 105 Å². The molecule has 2 unspecified atom stereocenters. The van der Waals surface area contributed by atoms with Crippen LogP contribution in [0.5, 0.6) is 0 Å². The second kappa shape index (κ2) is 33.8. The molecule has 0 N–H and O–H groups in total. The van der Waals surface area contributed by atoms with Gasteiger partial charge in [-0.1, -0.05) is 136 Å². The zero-order chi connectivity index (χ0) is 34.8. The quantitative estimate of drug-likeness (QED) is 0.0379. The number of ether oxygens (including phenoxy) is 4. The molecule has 2 atom stereocenters. The van der Waals surface area contributed by atoms with Crippen molar-refractivity contribution in [1.29, 1.82) is 0 Å². The van der Waals surface area contributed by atoms with Gasteiger partial charge in [-0.15, -0.1) is 0 Å². The first-order valence-electron chi connectivity index (χ1n) is 19.4. The summed E-state index contributed by atoms with van der Waals surface area (Å²) >= 11 is 0. The highest BCUT2D eigenvalue weighted by molar-refractivity contribution is 5.70. The largest absolute Gasteiger partial charge is 0.462 e. The molecule has 0 aliphatic rings. The van der Waals surface area contributed by atoms with Crippen LogP contribution in [0, 0.1) is 0 Å². The molecular weight excluding hydrogens is 596 g/mol. The second-order valence-corrected chi connectivity index (χ2v) is 13.3. The van der Waals surface area contributed by atoms with Crippen LogP contribution in [0.15, 0.2) is 0 Å². The zero-order valence-electron chi connectivity index (χ0n) is 30.9. The zero-order valence-corrected chi connectivity index (χ0v) is 30.9. The van der Waals surface area contributed by atoms with Crippen molar-refractivity contribution in [3.8, 4) is 0 Å². The van der Waals surface area contributed by atoms with E-state index in [0.717, 1.165) is 70.6 Å². The molecule has 0 aromatic heterocycles. The Labute approximate surface area is 288 Å². The van der Waals surface area contributed by atoms with Gasteiger partial charge in [0.2, 0.25) is 0 Å². The van der Waals surface area contributed by atoms with E-state index in [1.54, 1.807) is 0 Å². The highest BCUT2D eigenvalue weighted by atomic mass is 16.6. The van der Waals surface area contributed by atoms with Crippen LogP contribution in [0.2, 0.25) is 0 Å². The molecule has 47 heavy (non-hydrogen) atoms. The third-order valence-corrected chi connectivity index (χ3v) is 8.55. The lowest BCUT2D eigenvalue weighted by molar-refractivity contribution is -0.164. The van der Waals surface area contributed by atoms with Gasteiger partial charge in [-0.05, 0) is 38.5 Å². The molecule has 0 heterocycles. The summed E-state index contributed by atoms with van der Waals surface area (Å²) in [7, 11) is 0. The van der Waals surface area contributed by atoms with Gasteiger partial charge < -0.3 is 18.9 Å². The van der Waals surface area contributed by atoms with Gasteiger partial charge in [0.05, 0.1) is 0 Å². The molecule has 0 bridgehead atoms. The molecule has 0 aromatic rings. The van der Waals surface area contributed by atoms with Gasteiger partial charge in [-0.2, -0.15) is 0 Å². The number of rotatable bonds is 34. The molecule has 0 rings (SSSR count). The van der Waals surface area contributed by atoms with Gasteiger partial charge in [0.1, 0.15) is 19.3 Å². The van der Waals surface area contributed by atoms with Crippen molar-refractivity contribution < 1.29 is 38.1 Å². The van der Waals surface area contributed by atoms with Gasteiger partial charge in [0, 0.05) is 26.7 Å². The number of hydrogen-bond donors (Lipinski definition) is 0. The summed E-state index contributed by atoms with van der Waals surface area (Å²) in [5.41, 5.74) is 0. The fraction of sp³-hybridized carbons (Fsp3) is 0.897. The van der Waals surface area contributed by atoms with Crippen LogP contribution in [0.1, 0.15) is 201 Å². The Morgan fingerprint density at radius 1 is 0.404 bits per heavy atom. The van der Waals surface area contributed by atoms with E-state index in [4.69, 9.17) is 18.9 Å². The normalized spacial score (nSPS) is 12.3. The van der Waals surface area contributed by atoms with Gasteiger partial charge in [0.25, 0.3) is 0 Å². The van der Waals surface area contributed by atoms with Crippen LogP contribution in [-0.2, 0) is 38.1 Å². The van der Waals surface area contributed by atoms with Crippen molar-refractivity contribution in [3.63, 3.8) is 0 Å². The lowest BCUT2D eigenvalue weighted by Gasteiger charge is -2.18. The molecule has 8 nitrogen and oxygen atoms in total. The van der Waals surface area contributed by atoms with E-state index in [-0.39, 0.29) is 31.3 Å². The average Bonchev–Trinajstić information content (AvgIpc) is 3.03. The summed E-state index contributed by atoms with van der Waals surface area (Å²) in [5.74, 6) is -1.35. The van der Waals surface area contributed by atoms with Crippen LogP contribution in [0.3, 0.4) is 0 Å². The van der Waals surface area contributed by atoms with Crippen molar-refractivity contribution in [2.75, 3.05) is 13.2 Å². The van der Waals surface area contributed by atoms with Crippen LogP contribution in [0.25, 0.3) is 0 Å². The predicted octanol–water partition coefficient (Wildman–Crippen LogP) is 10.5. The van der Waals surface area contributed by atoms with Gasteiger partial charge in [0.15, 0.2) is 6.10 Å². The Morgan fingerprint density at radius 2 is 0.787 bits per heavy atom. The fourth-order valence-electron chi connectivity index (χ4n) is 5.76. The molecule has 0 aliphatic heterocycles. The number of esters is 4. The van der Waals surface area contributed by atoms with Crippen LogP contribution in [-0.4, -0.2) is 49.3 Å². The van der Waals surface area contributed by atoms with E-state index in [1.165, 1.54) is 104 Å². The maximum absolute atomic E-state index is 12.6. The van der Waals surface area contributed by atoms with Crippen LogP contribution in [0.4, 0.5) is 0 Å². The van der Waals surface area contributed by atoms with Gasteiger partial charge in [-0.3, -0.25) is 19.2 Å². The molecule has 0 fully saturated rings. The maximum Gasteiger partial charge on any atom is 0.306 e. The minimum atomic E-state index is -0.789. The average molecular weight is 669 g/mol. The Balaban J connectivity index is 3.98. The Hall–Kier alpha value is -2.12. The van der Waals surface area contributed by atoms with E-state index in [1.807, 2.05) is 0 Å². The molecule has 0 radical (unpaired) electrons. The Bertz CT molecular complexity index is 768. The summed E-state index contributed by atoms with van der Waals surface area (Å²) in [4.78, 5) is 46.8. The number of carbonyl (C=O) groups excluding carboxylic acids is 4. The standard InChI is InChI=1S/C39H72O8/c1-5-7-9-11-12-13-14-15-20-23-27-31-39(43)47-36(28-24-10-8-6-2)29-25-21-18-16-17-19-22-26-30-38(42)45-33-37(46-35(4)41)32-44-34(3)40/h36-37H,5-33H2,1-4H3. The van der Waals surface area contributed by atoms with Crippen molar-refractivity contribution in [2.45, 2.75) is 213 Å². The third-order valence-electron chi connectivity index (χ3n) is 8.55. The van der Waals surface area contributed by atoms with Gasteiger partial charge in [-0.25, -0.2) is 0 Å². The highest BCUT2D eigenvalue weighted by Gasteiger charge is 2.17. The predicted molar refractivity (Wildman–Crippen MR) is 189 cm³/mol. The van der Waals surface area contributed by atoms with Crippen molar-refractivity contribution >= 4 is 23.9 Å². The SMILES string of the molecule is CCCCCCCCCCCCCC(=O)OC(CCCCCC)CCCCCCCCCCC(=O)OCC(COC(C)=O)OC(C)=O. The number of hydrogen-bond acceptors (Lipinski definition) is 8. The number of unbranched alkanes of at least 4 members (excludes halogenated alkanes) is 20. The lowest BCUT2D eigenvalue weighted by atomic mass is 10.0. The maximum atomic E-state index is 12.6.